The van der Waals surface area contributed by atoms with Crippen molar-refractivity contribution in [2.75, 3.05) is 0 Å². The van der Waals surface area contributed by atoms with E-state index >= 15 is 0 Å². The Balaban J connectivity index is 2.33. The topological polar surface area (TPSA) is 39.2 Å². The second kappa shape index (κ2) is 4.26. The second-order valence-electron chi connectivity index (χ2n) is 3.57. The van der Waals surface area contributed by atoms with E-state index in [2.05, 4.69) is 11.9 Å². The molecule has 1 aromatic rings. The monoisotopic (exact) mass is 203 g/mol. The number of esters is 1. The summed E-state index contributed by atoms with van der Waals surface area (Å²) < 4.78 is 5.23. The molecule has 0 amide bonds. The van der Waals surface area contributed by atoms with Crippen molar-refractivity contribution >= 4 is 11.7 Å². The Morgan fingerprint density at radius 3 is 2.80 bits per heavy atom. The van der Waals surface area contributed by atoms with E-state index < -0.39 is 0 Å². The van der Waals surface area contributed by atoms with Gasteiger partial charge in [0, 0.05) is 18.0 Å². The van der Waals surface area contributed by atoms with Gasteiger partial charge in [-0.05, 0) is 24.1 Å². The van der Waals surface area contributed by atoms with Crippen LogP contribution in [0.1, 0.15) is 31.7 Å². The van der Waals surface area contributed by atoms with Crippen molar-refractivity contribution in [3.05, 3.63) is 35.7 Å². The van der Waals surface area contributed by atoms with E-state index in [4.69, 9.17) is 4.74 Å². The van der Waals surface area contributed by atoms with Crippen molar-refractivity contribution in [2.24, 2.45) is 0 Å². The normalized spacial score (nSPS) is 15.7. The number of hydrogen-bond donors (Lipinski definition) is 0. The van der Waals surface area contributed by atoms with E-state index in [-0.39, 0.29) is 5.97 Å². The van der Waals surface area contributed by atoms with E-state index in [1.807, 2.05) is 12.1 Å². The van der Waals surface area contributed by atoms with Crippen LogP contribution in [-0.2, 0) is 9.53 Å². The summed E-state index contributed by atoms with van der Waals surface area (Å²) in [6, 6.07) is 3.73. The van der Waals surface area contributed by atoms with Crippen LogP contribution in [0.4, 0.5) is 0 Å². The molecule has 2 heterocycles. The maximum absolute atomic E-state index is 11.2. The van der Waals surface area contributed by atoms with Gasteiger partial charge in [-0.25, -0.2) is 0 Å². The fourth-order valence-electron chi connectivity index (χ4n) is 1.75. The molecule has 0 bridgehead atoms. The van der Waals surface area contributed by atoms with Crippen molar-refractivity contribution in [1.29, 1.82) is 0 Å². The number of hydrogen-bond acceptors (Lipinski definition) is 3. The highest BCUT2D eigenvalue weighted by Crippen LogP contribution is 2.31. The molecule has 0 saturated carbocycles. The largest absolute Gasteiger partial charge is 0.426 e. The number of aromatic nitrogens is 1. The van der Waals surface area contributed by atoms with Crippen molar-refractivity contribution in [1.82, 2.24) is 4.98 Å². The Morgan fingerprint density at radius 1 is 1.40 bits per heavy atom. The van der Waals surface area contributed by atoms with Gasteiger partial charge >= 0.3 is 5.97 Å². The standard InChI is InChI=1S/C12H13NO2/c1-2-3-10-8-11(14)15-12(10)9-4-6-13-7-5-9/h4-7H,2-3,8H2,1H3. The molecular formula is C12H13NO2. The SMILES string of the molecule is CCCC1=C(c2ccncc2)OC(=O)C1. The lowest BCUT2D eigenvalue weighted by atomic mass is 10.0. The van der Waals surface area contributed by atoms with E-state index in [9.17, 15) is 4.79 Å². The molecular weight excluding hydrogens is 190 g/mol. The molecule has 0 radical (unpaired) electrons. The van der Waals surface area contributed by atoms with Crippen molar-refractivity contribution < 1.29 is 9.53 Å². The molecule has 1 aromatic heterocycles. The molecule has 0 unspecified atom stereocenters. The van der Waals surface area contributed by atoms with Gasteiger partial charge in [-0.1, -0.05) is 13.3 Å². The Bertz CT molecular complexity index is 395. The minimum Gasteiger partial charge on any atom is -0.426 e. The highest BCUT2D eigenvalue weighted by molar-refractivity contribution is 5.87. The number of carbonyl (C=O) groups excluding carboxylic acids is 1. The number of cyclic esters (lactones) is 1. The van der Waals surface area contributed by atoms with Gasteiger partial charge in [0.1, 0.15) is 5.76 Å². The van der Waals surface area contributed by atoms with E-state index in [0.717, 1.165) is 29.7 Å². The molecule has 1 aliphatic rings. The number of rotatable bonds is 3. The summed E-state index contributed by atoms with van der Waals surface area (Å²) in [4.78, 5) is 15.2. The van der Waals surface area contributed by atoms with E-state index in [0.29, 0.717) is 6.42 Å². The predicted octanol–water partition coefficient (Wildman–Crippen LogP) is 2.54. The Kier molecular flexibility index (Phi) is 2.81. The molecule has 15 heavy (non-hydrogen) atoms. The summed E-state index contributed by atoms with van der Waals surface area (Å²) in [6.07, 6.45) is 5.80. The number of nitrogens with zero attached hydrogens (tertiary/aromatic N) is 1. The zero-order valence-electron chi connectivity index (χ0n) is 8.69. The van der Waals surface area contributed by atoms with E-state index in [1.54, 1.807) is 12.4 Å². The Morgan fingerprint density at radius 2 is 2.13 bits per heavy atom. The average molecular weight is 203 g/mol. The van der Waals surface area contributed by atoms with Crippen LogP contribution in [0.15, 0.2) is 30.1 Å². The van der Waals surface area contributed by atoms with Crippen LogP contribution in [0.3, 0.4) is 0 Å². The first-order valence-corrected chi connectivity index (χ1v) is 5.14. The van der Waals surface area contributed by atoms with Crippen molar-refractivity contribution in [3.63, 3.8) is 0 Å². The summed E-state index contributed by atoms with van der Waals surface area (Å²) in [5.74, 6) is 0.592. The maximum atomic E-state index is 11.2. The van der Waals surface area contributed by atoms with Gasteiger partial charge in [0.15, 0.2) is 0 Å². The fourth-order valence-corrected chi connectivity index (χ4v) is 1.75. The van der Waals surface area contributed by atoms with Crippen LogP contribution < -0.4 is 0 Å². The first-order valence-electron chi connectivity index (χ1n) is 5.14. The number of carbonyl (C=O) groups is 1. The lowest BCUT2D eigenvalue weighted by Crippen LogP contribution is -1.93. The predicted molar refractivity (Wildman–Crippen MR) is 56.8 cm³/mol. The first-order chi connectivity index (χ1) is 7.31. The third-order valence-electron chi connectivity index (χ3n) is 2.39. The molecule has 3 heteroatoms. The molecule has 2 rings (SSSR count). The summed E-state index contributed by atoms with van der Waals surface area (Å²) in [5, 5.41) is 0. The Hall–Kier alpha value is -1.64. The molecule has 1 aliphatic heterocycles. The molecule has 3 nitrogen and oxygen atoms in total. The van der Waals surface area contributed by atoms with Gasteiger partial charge in [0.05, 0.1) is 6.42 Å². The molecule has 78 valence electrons. The summed E-state index contributed by atoms with van der Waals surface area (Å²) in [6.45, 7) is 2.10. The zero-order valence-corrected chi connectivity index (χ0v) is 8.69. The molecule has 0 fully saturated rings. The molecule has 0 atom stereocenters. The molecule has 0 aliphatic carbocycles. The van der Waals surface area contributed by atoms with Gasteiger partial charge in [-0.2, -0.15) is 0 Å². The third kappa shape index (κ3) is 2.06. The van der Waals surface area contributed by atoms with Gasteiger partial charge in [0.2, 0.25) is 0 Å². The van der Waals surface area contributed by atoms with Gasteiger partial charge in [-0.3, -0.25) is 9.78 Å². The quantitative estimate of drug-likeness (QED) is 0.708. The molecule has 0 N–H and O–H groups in total. The van der Waals surface area contributed by atoms with Crippen LogP contribution in [0.2, 0.25) is 0 Å². The first kappa shape index (κ1) is 9.90. The molecule has 0 spiro atoms. The highest BCUT2D eigenvalue weighted by atomic mass is 16.5. The van der Waals surface area contributed by atoms with Gasteiger partial charge in [-0.15, -0.1) is 0 Å². The van der Waals surface area contributed by atoms with Gasteiger partial charge < -0.3 is 4.74 Å². The molecule has 0 saturated heterocycles. The lowest BCUT2D eigenvalue weighted by molar-refractivity contribution is -0.134. The highest BCUT2D eigenvalue weighted by Gasteiger charge is 2.23. The summed E-state index contributed by atoms with van der Waals surface area (Å²) >= 11 is 0. The van der Waals surface area contributed by atoms with Crippen LogP contribution in [0.5, 0.6) is 0 Å². The average Bonchev–Trinajstić information content (AvgIpc) is 2.62. The fraction of sp³-hybridized carbons (Fsp3) is 0.333. The van der Waals surface area contributed by atoms with Gasteiger partial charge in [0.25, 0.3) is 0 Å². The number of ether oxygens (including phenoxy) is 1. The van der Waals surface area contributed by atoms with Crippen LogP contribution in [-0.4, -0.2) is 11.0 Å². The van der Waals surface area contributed by atoms with Crippen LogP contribution in [0, 0.1) is 0 Å². The van der Waals surface area contributed by atoms with Crippen molar-refractivity contribution in [2.45, 2.75) is 26.2 Å². The van der Waals surface area contributed by atoms with Crippen LogP contribution in [0.25, 0.3) is 5.76 Å². The smallest absolute Gasteiger partial charge is 0.315 e. The van der Waals surface area contributed by atoms with Crippen molar-refractivity contribution in [3.8, 4) is 0 Å². The van der Waals surface area contributed by atoms with Crippen LogP contribution >= 0.6 is 0 Å². The minimum absolute atomic E-state index is 0.148. The van der Waals surface area contributed by atoms with E-state index in [1.165, 1.54) is 0 Å². The molecule has 0 aromatic carbocycles. The summed E-state index contributed by atoms with van der Waals surface area (Å²) in [7, 11) is 0. The second-order valence-corrected chi connectivity index (χ2v) is 3.57. The lowest BCUT2D eigenvalue weighted by Gasteiger charge is -2.03. The summed E-state index contributed by atoms with van der Waals surface area (Å²) in [5.41, 5.74) is 2.05. The zero-order chi connectivity index (χ0) is 10.7. The Labute approximate surface area is 88.8 Å². The maximum Gasteiger partial charge on any atom is 0.315 e. The third-order valence-corrected chi connectivity index (χ3v) is 2.39. The number of pyridine rings is 1. The minimum atomic E-state index is -0.148.